The molecule has 0 fully saturated rings. The lowest BCUT2D eigenvalue weighted by molar-refractivity contribution is 0.0523. The van der Waals surface area contributed by atoms with E-state index in [1.165, 1.54) is 116 Å². The van der Waals surface area contributed by atoms with Crippen molar-refractivity contribution in [2.75, 3.05) is 16.1 Å². The molecular formula is C38H28Cl4N4O10S2. The standard InChI is InChI=1S/C20H16Cl2N2O5S.C18H12Cl2N2O5S/c1-2-28-20(25)18-10-15(24-30(26,27)17-6-3-13(21)4-7-17)5-8-19(18)29-16-9-14(22)11-23-12-16;19-11-1-4-15(5-2-11)28(25,26)22-13-3-6-17(16(8-13)18(23)24)27-14-7-12(20)9-21-10-14/h3-12,24H,2H2,1H3;1-10,22H,(H,23,24). The highest BCUT2D eigenvalue weighted by Gasteiger charge is 2.21. The van der Waals surface area contributed by atoms with Gasteiger partial charge in [0.05, 0.1) is 38.8 Å². The van der Waals surface area contributed by atoms with Crippen LogP contribution in [-0.4, -0.2) is 50.5 Å². The molecule has 0 bridgehead atoms. The number of rotatable bonds is 13. The van der Waals surface area contributed by atoms with Gasteiger partial charge >= 0.3 is 11.9 Å². The Kier molecular flexibility index (Phi) is 14.4. The number of nitrogens with zero attached hydrogens (tertiary/aromatic N) is 2. The first-order valence-corrected chi connectivity index (χ1v) is 20.8. The number of halogens is 4. The molecule has 3 N–H and O–H groups in total. The van der Waals surface area contributed by atoms with Gasteiger partial charge < -0.3 is 19.3 Å². The van der Waals surface area contributed by atoms with E-state index in [9.17, 15) is 31.5 Å². The number of esters is 1. The van der Waals surface area contributed by atoms with Crippen molar-refractivity contribution < 1.29 is 45.7 Å². The maximum absolute atomic E-state index is 12.6. The average Bonchev–Trinajstić information content (AvgIpc) is 3.16. The van der Waals surface area contributed by atoms with Crippen LogP contribution in [0.4, 0.5) is 11.4 Å². The van der Waals surface area contributed by atoms with Gasteiger partial charge in [0.1, 0.15) is 34.1 Å². The lowest BCUT2D eigenvalue weighted by Gasteiger charge is -2.14. The summed E-state index contributed by atoms with van der Waals surface area (Å²) in [6.07, 6.45) is 5.64. The Balaban J connectivity index is 0.000000221. The van der Waals surface area contributed by atoms with Crippen molar-refractivity contribution in [1.82, 2.24) is 9.97 Å². The third-order valence-corrected chi connectivity index (χ3v) is 11.0. The maximum Gasteiger partial charge on any atom is 0.342 e. The minimum Gasteiger partial charge on any atom is -0.478 e. The van der Waals surface area contributed by atoms with Crippen LogP contribution >= 0.6 is 46.4 Å². The molecule has 0 spiro atoms. The van der Waals surface area contributed by atoms with E-state index in [1.54, 1.807) is 6.92 Å². The fourth-order valence-electron chi connectivity index (χ4n) is 4.71. The number of hydrogen-bond acceptors (Lipinski definition) is 11. The summed E-state index contributed by atoms with van der Waals surface area (Å²) in [5, 5.41) is 10.9. The third kappa shape index (κ3) is 12.0. The summed E-state index contributed by atoms with van der Waals surface area (Å²) in [4.78, 5) is 31.8. The Bertz CT molecular complexity index is 2670. The molecule has 0 aliphatic carbocycles. The number of carbonyl (C=O) groups excluding carboxylic acids is 1. The van der Waals surface area contributed by atoms with Crippen molar-refractivity contribution in [3.63, 3.8) is 0 Å². The maximum atomic E-state index is 12.6. The van der Waals surface area contributed by atoms with Gasteiger partial charge in [-0.05, 0) is 91.9 Å². The number of sulfonamides is 2. The van der Waals surface area contributed by atoms with Crippen molar-refractivity contribution >= 4 is 89.8 Å². The number of nitrogens with one attached hydrogen (secondary N) is 2. The van der Waals surface area contributed by atoms with E-state index in [1.807, 2.05) is 0 Å². The molecule has 58 heavy (non-hydrogen) atoms. The zero-order valence-corrected chi connectivity index (χ0v) is 34.3. The second-order valence-electron chi connectivity index (χ2n) is 11.4. The Hall–Kier alpha value is -5.62. The van der Waals surface area contributed by atoms with Gasteiger partial charge in [0.25, 0.3) is 20.0 Å². The lowest BCUT2D eigenvalue weighted by Crippen LogP contribution is -2.14. The number of carboxylic acids is 1. The quantitative estimate of drug-likeness (QED) is 0.0928. The van der Waals surface area contributed by atoms with Gasteiger partial charge in [0, 0.05) is 45.9 Å². The SMILES string of the molecule is CCOC(=O)c1cc(NS(=O)(=O)c2ccc(Cl)cc2)ccc1Oc1cncc(Cl)c1.O=C(O)c1cc(NS(=O)(=O)c2ccc(Cl)cc2)ccc1Oc1cncc(Cl)c1. The predicted molar refractivity (Wildman–Crippen MR) is 219 cm³/mol. The number of hydrogen-bond donors (Lipinski definition) is 3. The van der Waals surface area contributed by atoms with E-state index >= 15 is 0 Å². The molecule has 2 heterocycles. The molecule has 300 valence electrons. The monoisotopic (exact) mass is 904 g/mol. The second-order valence-corrected chi connectivity index (χ2v) is 16.6. The van der Waals surface area contributed by atoms with Crippen LogP contribution in [-0.2, 0) is 24.8 Å². The number of benzene rings is 4. The van der Waals surface area contributed by atoms with E-state index in [-0.39, 0.29) is 56.1 Å². The number of aromatic nitrogens is 2. The Morgan fingerprint density at radius 2 is 1.00 bits per heavy atom. The summed E-state index contributed by atoms with van der Waals surface area (Å²) in [5.41, 5.74) is 0.0119. The van der Waals surface area contributed by atoms with E-state index in [0.717, 1.165) is 6.07 Å². The summed E-state index contributed by atoms with van der Waals surface area (Å²) >= 11 is 23.3. The molecule has 0 aliphatic rings. The van der Waals surface area contributed by atoms with Crippen molar-refractivity contribution in [2.45, 2.75) is 16.7 Å². The Labute approximate surface area is 352 Å². The van der Waals surface area contributed by atoms with Crippen LogP contribution < -0.4 is 18.9 Å². The number of ether oxygens (including phenoxy) is 3. The number of pyridine rings is 2. The summed E-state index contributed by atoms with van der Waals surface area (Å²) in [6, 6.07) is 22.4. The first kappa shape index (κ1) is 43.5. The normalized spacial score (nSPS) is 11.1. The van der Waals surface area contributed by atoms with Gasteiger partial charge in [-0.2, -0.15) is 0 Å². The van der Waals surface area contributed by atoms with E-state index in [4.69, 9.17) is 60.6 Å². The van der Waals surface area contributed by atoms with Crippen molar-refractivity contribution in [3.8, 4) is 23.0 Å². The van der Waals surface area contributed by atoms with Gasteiger partial charge in [0.15, 0.2) is 0 Å². The smallest absolute Gasteiger partial charge is 0.342 e. The van der Waals surface area contributed by atoms with Crippen LogP contribution in [0.25, 0.3) is 0 Å². The van der Waals surface area contributed by atoms with Crippen molar-refractivity contribution in [3.05, 3.63) is 153 Å². The minimum atomic E-state index is -3.92. The largest absolute Gasteiger partial charge is 0.478 e. The van der Waals surface area contributed by atoms with Crippen molar-refractivity contribution in [1.29, 1.82) is 0 Å². The molecule has 0 saturated heterocycles. The summed E-state index contributed by atoms with van der Waals surface area (Å²) in [5.74, 6) is -1.25. The van der Waals surface area contributed by atoms with Gasteiger partial charge in [-0.15, -0.1) is 0 Å². The van der Waals surface area contributed by atoms with Gasteiger partial charge in [-0.25, -0.2) is 26.4 Å². The average molecular weight is 907 g/mol. The molecule has 20 heteroatoms. The molecule has 0 unspecified atom stereocenters. The van der Waals surface area contributed by atoms with Gasteiger partial charge in [0.2, 0.25) is 0 Å². The Morgan fingerprint density at radius 3 is 1.40 bits per heavy atom. The van der Waals surface area contributed by atoms with Crippen LogP contribution in [0.15, 0.2) is 132 Å². The Morgan fingerprint density at radius 1 is 0.586 bits per heavy atom. The molecule has 0 atom stereocenters. The second kappa shape index (κ2) is 19.2. The third-order valence-electron chi connectivity index (χ3n) is 7.25. The highest BCUT2D eigenvalue weighted by Crippen LogP contribution is 2.32. The number of carbonyl (C=O) groups is 2. The van der Waals surface area contributed by atoms with Crippen molar-refractivity contribution in [2.24, 2.45) is 0 Å². The molecule has 4 aromatic carbocycles. The molecule has 0 radical (unpaired) electrons. The first-order chi connectivity index (χ1) is 27.5. The topological polar surface area (TPSA) is 200 Å². The number of carboxylic acid groups (broad SMARTS) is 1. The van der Waals surface area contributed by atoms with Crippen LogP contribution in [0.5, 0.6) is 23.0 Å². The zero-order chi connectivity index (χ0) is 42.0. The fraction of sp³-hybridized carbons (Fsp3) is 0.0526. The molecule has 0 amide bonds. The molecule has 14 nitrogen and oxygen atoms in total. The first-order valence-electron chi connectivity index (χ1n) is 16.3. The van der Waals surface area contributed by atoms with Crippen LogP contribution in [0.3, 0.4) is 0 Å². The van der Waals surface area contributed by atoms with Crippen LogP contribution in [0.2, 0.25) is 20.1 Å². The molecule has 6 aromatic rings. The predicted octanol–water partition coefficient (Wildman–Crippen LogP) is 9.84. The van der Waals surface area contributed by atoms with Crippen LogP contribution in [0.1, 0.15) is 27.6 Å². The van der Waals surface area contributed by atoms with E-state index < -0.39 is 32.0 Å². The minimum absolute atomic E-state index is 0.00556. The number of aromatic carboxylic acids is 1. The van der Waals surface area contributed by atoms with E-state index in [2.05, 4.69) is 19.4 Å². The summed E-state index contributed by atoms with van der Waals surface area (Å²) < 4.78 is 71.1. The highest BCUT2D eigenvalue weighted by atomic mass is 35.5. The summed E-state index contributed by atoms with van der Waals surface area (Å²) in [7, 11) is -7.81. The van der Waals surface area contributed by atoms with Gasteiger partial charge in [-0.3, -0.25) is 19.4 Å². The van der Waals surface area contributed by atoms with Gasteiger partial charge in [-0.1, -0.05) is 46.4 Å². The zero-order valence-electron chi connectivity index (χ0n) is 29.6. The number of anilines is 2. The van der Waals surface area contributed by atoms with Crippen LogP contribution in [0, 0.1) is 0 Å². The molecular weight excluding hydrogens is 878 g/mol. The van der Waals surface area contributed by atoms with E-state index in [0.29, 0.717) is 25.8 Å². The molecule has 0 saturated carbocycles. The molecule has 2 aromatic heterocycles. The molecule has 0 aliphatic heterocycles. The molecule has 6 rings (SSSR count). The fourth-order valence-corrected chi connectivity index (χ4v) is 7.39. The summed E-state index contributed by atoms with van der Waals surface area (Å²) in [6.45, 7) is 1.80. The highest BCUT2D eigenvalue weighted by molar-refractivity contribution is 7.93. The lowest BCUT2D eigenvalue weighted by atomic mass is 10.2.